The average molecular weight is 289 g/mol. The van der Waals surface area contributed by atoms with E-state index in [9.17, 15) is 18.0 Å². The molecule has 0 saturated carbocycles. The normalized spacial score (nSPS) is 11.7. The summed E-state index contributed by atoms with van der Waals surface area (Å²) in [6.07, 6.45) is -3.45. The summed E-state index contributed by atoms with van der Waals surface area (Å²) in [5.41, 5.74) is -1.20. The highest BCUT2D eigenvalue weighted by atomic mass is 19.4. The van der Waals surface area contributed by atoms with E-state index in [2.05, 4.69) is 14.8 Å². The van der Waals surface area contributed by atoms with Crippen LogP contribution in [0.2, 0.25) is 0 Å². The van der Waals surface area contributed by atoms with E-state index in [-0.39, 0.29) is 18.2 Å². The van der Waals surface area contributed by atoms with Crippen LogP contribution < -0.4 is 0 Å². The molecule has 0 aliphatic heterocycles. The van der Waals surface area contributed by atoms with Gasteiger partial charge in [0.15, 0.2) is 5.69 Å². The third-order valence-corrected chi connectivity index (χ3v) is 2.40. The van der Waals surface area contributed by atoms with Crippen molar-refractivity contribution in [2.45, 2.75) is 13.1 Å². The molecule has 0 aromatic carbocycles. The molecule has 2 aromatic rings. The molecule has 0 atom stereocenters. The fourth-order valence-electron chi connectivity index (χ4n) is 1.54. The Morgan fingerprint density at radius 3 is 2.70 bits per heavy atom. The van der Waals surface area contributed by atoms with Gasteiger partial charge in [0.2, 0.25) is 11.7 Å². The summed E-state index contributed by atoms with van der Waals surface area (Å²) in [4.78, 5) is 14.8. The van der Waals surface area contributed by atoms with Crippen LogP contribution in [0.3, 0.4) is 0 Å². The Balaban J connectivity index is 2.53. The minimum atomic E-state index is -4.82. The van der Waals surface area contributed by atoms with Crippen LogP contribution in [-0.4, -0.2) is 27.3 Å². The fourth-order valence-corrected chi connectivity index (χ4v) is 1.54. The molecule has 0 amide bonds. The van der Waals surface area contributed by atoms with Crippen LogP contribution in [0, 0.1) is 0 Å². The quantitative estimate of drug-likeness (QED) is 0.811. The zero-order valence-corrected chi connectivity index (χ0v) is 10.6. The molecule has 0 fully saturated rings. The van der Waals surface area contributed by atoms with Crippen LogP contribution in [0.25, 0.3) is 11.6 Å². The predicted molar refractivity (Wildman–Crippen MR) is 59.7 cm³/mol. The summed E-state index contributed by atoms with van der Waals surface area (Å²) >= 11 is 0. The van der Waals surface area contributed by atoms with Gasteiger partial charge in [-0.15, -0.1) is 0 Å². The first-order valence-corrected chi connectivity index (χ1v) is 5.58. The van der Waals surface area contributed by atoms with Gasteiger partial charge >= 0.3 is 12.1 Å². The number of rotatable bonds is 3. The Hall–Kier alpha value is -2.32. The lowest BCUT2D eigenvalue weighted by Gasteiger charge is -2.03. The van der Waals surface area contributed by atoms with Crippen LogP contribution >= 0.6 is 0 Å². The molecule has 20 heavy (non-hydrogen) atoms. The van der Waals surface area contributed by atoms with Crippen LogP contribution in [-0.2, 0) is 18.0 Å². The number of halogens is 3. The van der Waals surface area contributed by atoms with Crippen molar-refractivity contribution in [3.05, 3.63) is 23.7 Å². The van der Waals surface area contributed by atoms with Crippen molar-refractivity contribution in [2.24, 2.45) is 7.05 Å². The molecule has 0 bridgehead atoms. The number of carbonyl (C=O) groups excluding carboxylic acids is 1. The third-order valence-electron chi connectivity index (χ3n) is 2.40. The van der Waals surface area contributed by atoms with Crippen LogP contribution in [0.4, 0.5) is 13.2 Å². The number of carbonyl (C=O) groups is 1. The molecular formula is C11H10F3N3O3. The fraction of sp³-hybridized carbons (Fsp3) is 0.364. The number of alkyl halides is 3. The second-order valence-corrected chi connectivity index (χ2v) is 3.76. The summed E-state index contributed by atoms with van der Waals surface area (Å²) in [5.74, 6) is -2.52. The lowest BCUT2D eigenvalue weighted by molar-refractivity contribution is -0.141. The molecule has 0 unspecified atom stereocenters. The molecule has 0 radical (unpaired) electrons. The standard InChI is InChI=1S/C11H10F3N3O3/c1-3-19-10(18)7-8(11(12,13)14)16-9(20-7)6-4-5-15-17(6)2/h4-5H,3H2,1-2H3. The van der Waals surface area contributed by atoms with Crippen LogP contribution in [0.5, 0.6) is 0 Å². The van der Waals surface area contributed by atoms with Gasteiger partial charge in [-0.2, -0.15) is 18.3 Å². The van der Waals surface area contributed by atoms with E-state index >= 15 is 0 Å². The predicted octanol–water partition coefficient (Wildman–Crippen LogP) is 2.27. The minimum absolute atomic E-state index is 0.0716. The molecule has 9 heteroatoms. The van der Waals surface area contributed by atoms with Gasteiger partial charge in [0, 0.05) is 13.2 Å². The number of esters is 1. The molecule has 2 heterocycles. The maximum atomic E-state index is 12.9. The first-order valence-electron chi connectivity index (χ1n) is 5.58. The molecule has 0 spiro atoms. The topological polar surface area (TPSA) is 70.2 Å². The molecule has 0 saturated heterocycles. The Kier molecular flexibility index (Phi) is 3.51. The summed E-state index contributed by atoms with van der Waals surface area (Å²) in [7, 11) is 1.51. The zero-order valence-electron chi connectivity index (χ0n) is 10.6. The van der Waals surface area contributed by atoms with Gasteiger partial charge in [-0.3, -0.25) is 4.68 Å². The maximum absolute atomic E-state index is 12.9. The van der Waals surface area contributed by atoms with Crippen molar-refractivity contribution in [3.8, 4) is 11.6 Å². The van der Waals surface area contributed by atoms with E-state index in [1.165, 1.54) is 30.9 Å². The third kappa shape index (κ3) is 2.51. The van der Waals surface area contributed by atoms with Crippen molar-refractivity contribution in [2.75, 3.05) is 6.61 Å². The van der Waals surface area contributed by atoms with Gasteiger partial charge in [-0.25, -0.2) is 9.78 Å². The summed E-state index contributed by atoms with van der Waals surface area (Å²) in [6, 6.07) is 1.42. The molecule has 0 aliphatic rings. The average Bonchev–Trinajstić information content (AvgIpc) is 2.94. The first-order chi connectivity index (χ1) is 9.34. The highest BCUT2D eigenvalue weighted by Crippen LogP contribution is 2.34. The Morgan fingerprint density at radius 1 is 1.50 bits per heavy atom. The molecule has 0 N–H and O–H groups in total. The minimum Gasteiger partial charge on any atom is -0.460 e. The van der Waals surface area contributed by atoms with Crippen molar-refractivity contribution in [1.29, 1.82) is 0 Å². The Bertz CT molecular complexity index is 630. The molecule has 2 aromatic heterocycles. The van der Waals surface area contributed by atoms with Gasteiger partial charge in [-0.1, -0.05) is 0 Å². The van der Waals surface area contributed by atoms with Crippen LogP contribution in [0.15, 0.2) is 16.7 Å². The summed E-state index contributed by atoms with van der Waals surface area (Å²) in [6.45, 7) is 1.40. The van der Waals surface area contributed by atoms with E-state index < -0.39 is 23.6 Å². The van der Waals surface area contributed by atoms with E-state index in [1.54, 1.807) is 0 Å². The van der Waals surface area contributed by atoms with E-state index in [4.69, 9.17) is 4.42 Å². The number of ether oxygens (including phenoxy) is 1. The van der Waals surface area contributed by atoms with E-state index in [1.807, 2.05) is 0 Å². The van der Waals surface area contributed by atoms with Gasteiger partial charge in [-0.05, 0) is 13.0 Å². The summed E-state index contributed by atoms with van der Waals surface area (Å²) in [5, 5.41) is 3.79. The van der Waals surface area contributed by atoms with Gasteiger partial charge in [0.05, 0.1) is 6.61 Å². The SMILES string of the molecule is CCOC(=O)c1oc(-c2ccnn2C)nc1C(F)(F)F. The monoisotopic (exact) mass is 289 g/mol. The number of hydrogen-bond acceptors (Lipinski definition) is 5. The van der Waals surface area contributed by atoms with Gasteiger partial charge < -0.3 is 9.15 Å². The number of aryl methyl sites for hydroxylation is 1. The van der Waals surface area contributed by atoms with Gasteiger partial charge in [0.1, 0.15) is 5.69 Å². The largest absolute Gasteiger partial charge is 0.460 e. The number of hydrogen-bond donors (Lipinski definition) is 0. The lowest BCUT2D eigenvalue weighted by atomic mass is 10.3. The highest BCUT2D eigenvalue weighted by molar-refractivity contribution is 5.88. The van der Waals surface area contributed by atoms with Crippen molar-refractivity contribution < 1.29 is 27.1 Å². The molecule has 0 aliphatic carbocycles. The molecular weight excluding hydrogens is 279 g/mol. The number of aromatic nitrogens is 3. The molecule has 6 nitrogen and oxygen atoms in total. The number of nitrogens with zero attached hydrogens (tertiary/aromatic N) is 3. The second kappa shape index (κ2) is 4.99. The second-order valence-electron chi connectivity index (χ2n) is 3.76. The van der Waals surface area contributed by atoms with E-state index in [0.717, 1.165) is 0 Å². The van der Waals surface area contributed by atoms with Crippen molar-refractivity contribution in [1.82, 2.24) is 14.8 Å². The Morgan fingerprint density at radius 2 is 2.20 bits per heavy atom. The van der Waals surface area contributed by atoms with E-state index in [0.29, 0.717) is 0 Å². The van der Waals surface area contributed by atoms with Crippen molar-refractivity contribution >= 4 is 5.97 Å². The maximum Gasteiger partial charge on any atom is 0.437 e. The smallest absolute Gasteiger partial charge is 0.437 e. The first kappa shape index (κ1) is 14.1. The zero-order chi connectivity index (χ0) is 14.9. The lowest BCUT2D eigenvalue weighted by Crippen LogP contribution is -2.14. The van der Waals surface area contributed by atoms with Gasteiger partial charge in [0.25, 0.3) is 0 Å². The summed E-state index contributed by atoms with van der Waals surface area (Å²) < 4.78 is 49.3. The number of oxazole rings is 1. The molecule has 2 rings (SSSR count). The van der Waals surface area contributed by atoms with Crippen LogP contribution in [0.1, 0.15) is 23.2 Å². The van der Waals surface area contributed by atoms with Crippen molar-refractivity contribution in [3.63, 3.8) is 0 Å². The molecule has 108 valence electrons. The highest BCUT2D eigenvalue weighted by Gasteiger charge is 2.42. The Labute approximate surface area is 111 Å².